The lowest BCUT2D eigenvalue weighted by molar-refractivity contribution is -0.124. The Morgan fingerprint density at radius 2 is 1.72 bits per heavy atom. The maximum atomic E-state index is 12.6. The molecule has 1 saturated carbocycles. The predicted molar refractivity (Wildman–Crippen MR) is 141 cm³/mol. The second-order valence-electron chi connectivity index (χ2n) is 9.74. The van der Waals surface area contributed by atoms with E-state index in [9.17, 15) is 13.2 Å². The molecule has 0 amide bonds. The molecule has 0 heterocycles. The molecule has 0 saturated heterocycles. The molecule has 0 spiro atoms. The minimum Gasteiger partial charge on any atom is -0.299 e. The topological polar surface area (TPSA) is 51.2 Å². The normalized spacial score (nSPS) is 20.0. The average Bonchev–Trinajstić information content (AvgIpc) is 2.73. The molecule has 0 radical (unpaired) electrons. The van der Waals surface area contributed by atoms with Gasteiger partial charge in [0.1, 0.15) is 5.78 Å². The highest BCUT2D eigenvalue weighted by molar-refractivity contribution is 8.00. The van der Waals surface area contributed by atoms with Crippen molar-refractivity contribution in [3.05, 3.63) is 36.4 Å². The molecule has 1 aliphatic rings. The highest BCUT2D eigenvalue weighted by Gasteiger charge is 2.34. The number of carbonyl (C=O) groups is 1. The number of benzene rings is 1. The second-order valence-corrected chi connectivity index (χ2v) is 14.8. The van der Waals surface area contributed by atoms with Gasteiger partial charge in [0.05, 0.1) is 10.5 Å². The zero-order valence-electron chi connectivity index (χ0n) is 20.1. The number of unbranched alkanes of at least 4 members (excludes halogenated alkanes) is 1. The number of allylic oxidation sites excluding steroid dienone is 1. The molecule has 1 aromatic carbocycles. The number of hydrogen-bond acceptors (Lipinski definition) is 5. The summed E-state index contributed by atoms with van der Waals surface area (Å²) in [5.74, 6) is 3.04. The summed E-state index contributed by atoms with van der Waals surface area (Å²) < 4.78 is 24.2. The highest BCUT2D eigenvalue weighted by atomic mass is 32.2. The standard InChI is InChI=1S/C26H40O3S3/c1-5-6-17-30-23-10-9-11-24(19-23)31-18-8-7-12-25(27)22-15-13-21(14-16-22)20-32(28,29)26(2,3)4/h5-6,9-11,19,21-22H,7-8,12-18,20H2,1-4H3/b6-5+. The fourth-order valence-electron chi connectivity index (χ4n) is 3.90. The molecule has 1 aliphatic carbocycles. The maximum Gasteiger partial charge on any atom is 0.155 e. The van der Waals surface area contributed by atoms with E-state index in [2.05, 4.69) is 36.4 Å². The van der Waals surface area contributed by atoms with Gasteiger partial charge in [0.15, 0.2) is 9.84 Å². The molecule has 1 aromatic rings. The van der Waals surface area contributed by atoms with Crippen molar-refractivity contribution in [2.24, 2.45) is 11.8 Å². The van der Waals surface area contributed by atoms with Crippen LogP contribution in [0.25, 0.3) is 0 Å². The van der Waals surface area contributed by atoms with Crippen LogP contribution in [0.2, 0.25) is 0 Å². The minimum atomic E-state index is -3.08. The Labute approximate surface area is 204 Å². The van der Waals surface area contributed by atoms with E-state index in [4.69, 9.17) is 0 Å². The summed E-state index contributed by atoms with van der Waals surface area (Å²) in [5.41, 5.74) is 0. The number of hydrogen-bond donors (Lipinski definition) is 0. The predicted octanol–water partition coefficient (Wildman–Crippen LogP) is 7.21. The van der Waals surface area contributed by atoms with Crippen molar-refractivity contribution in [2.75, 3.05) is 17.3 Å². The quantitative estimate of drug-likeness (QED) is 0.174. The zero-order chi connectivity index (χ0) is 23.6. The number of ketones is 1. The lowest BCUT2D eigenvalue weighted by Crippen LogP contribution is -2.35. The van der Waals surface area contributed by atoms with Gasteiger partial charge in [0, 0.05) is 27.9 Å². The molecule has 6 heteroatoms. The Hall–Kier alpha value is -0.720. The first-order chi connectivity index (χ1) is 15.1. The number of thioether (sulfide) groups is 2. The van der Waals surface area contributed by atoms with Gasteiger partial charge in [-0.15, -0.1) is 23.5 Å². The lowest BCUT2D eigenvalue weighted by atomic mass is 9.80. The SMILES string of the molecule is C/C=C/CSc1cccc(SCCCCC(=O)C2CCC(CS(=O)(=O)C(C)(C)C)CC2)c1. The Morgan fingerprint density at radius 1 is 1.06 bits per heavy atom. The van der Waals surface area contributed by atoms with Crippen molar-refractivity contribution < 1.29 is 13.2 Å². The van der Waals surface area contributed by atoms with Gasteiger partial charge >= 0.3 is 0 Å². The summed E-state index contributed by atoms with van der Waals surface area (Å²) in [6, 6.07) is 8.69. The van der Waals surface area contributed by atoms with E-state index in [1.165, 1.54) is 9.79 Å². The van der Waals surface area contributed by atoms with Crippen LogP contribution in [0.3, 0.4) is 0 Å². The van der Waals surface area contributed by atoms with Crippen LogP contribution >= 0.6 is 23.5 Å². The van der Waals surface area contributed by atoms with Gasteiger partial charge in [-0.25, -0.2) is 8.42 Å². The molecule has 1 fully saturated rings. The van der Waals surface area contributed by atoms with Crippen molar-refractivity contribution in [1.29, 1.82) is 0 Å². The molecule has 0 aliphatic heterocycles. The first-order valence-corrected chi connectivity index (χ1v) is 15.5. The highest BCUT2D eigenvalue weighted by Crippen LogP contribution is 2.33. The number of sulfone groups is 1. The Balaban J connectivity index is 1.64. The van der Waals surface area contributed by atoms with Crippen LogP contribution in [0.4, 0.5) is 0 Å². The van der Waals surface area contributed by atoms with Gasteiger partial charge in [-0.05, 0) is 96.1 Å². The van der Waals surface area contributed by atoms with E-state index in [-0.39, 0.29) is 17.6 Å². The molecule has 0 N–H and O–H groups in total. The summed E-state index contributed by atoms with van der Waals surface area (Å²) in [4.78, 5) is 15.2. The van der Waals surface area contributed by atoms with Crippen LogP contribution in [0.5, 0.6) is 0 Å². The Kier molecular flexibility index (Phi) is 11.4. The van der Waals surface area contributed by atoms with Crippen LogP contribution in [-0.2, 0) is 14.6 Å². The Bertz CT molecular complexity index is 845. The molecular formula is C26H40O3S3. The largest absolute Gasteiger partial charge is 0.299 e. The van der Waals surface area contributed by atoms with Crippen LogP contribution in [-0.4, -0.2) is 36.2 Å². The van der Waals surface area contributed by atoms with Gasteiger partial charge in [-0.2, -0.15) is 0 Å². The number of carbonyl (C=O) groups excluding carboxylic acids is 1. The van der Waals surface area contributed by atoms with Crippen molar-refractivity contribution in [1.82, 2.24) is 0 Å². The molecule has 32 heavy (non-hydrogen) atoms. The zero-order valence-corrected chi connectivity index (χ0v) is 22.6. The van der Waals surface area contributed by atoms with Crippen molar-refractivity contribution in [3.63, 3.8) is 0 Å². The van der Waals surface area contributed by atoms with Gasteiger partial charge < -0.3 is 0 Å². The maximum absolute atomic E-state index is 12.6. The van der Waals surface area contributed by atoms with E-state index in [0.29, 0.717) is 12.2 Å². The van der Waals surface area contributed by atoms with E-state index >= 15 is 0 Å². The summed E-state index contributed by atoms with van der Waals surface area (Å²) in [6.45, 7) is 7.37. The summed E-state index contributed by atoms with van der Waals surface area (Å²) in [6.07, 6.45) is 10.3. The Morgan fingerprint density at radius 3 is 2.34 bits per heavy atom. The fourth-order valence-corrected chi connectivity index (χ4v) is 7.27. The third-order valence-electron chi connectivity index (χ3n) is 6.16. The van der Waals surface area contributed by atoms with Crippen LogP contribution in [0, 0.1) is 11.8 Å². The van der Waals surface area contributed by atoms with Crippen molar-refractivity contribution >= 4 is 39.1 Å². The third-order valence-corrected chi connectivity index (χ3v) is 11.0. The van der Waals surface area contributed by atoms with Gasteiger partial charge in [-0.3, -0.25) is 4.79 Å². The number of Topliss-reactive ketones (excluding diaryl/α,β-unsaturated/α-hetero) is 1. The lowest BCUT2D eigenvalue weighted by Gasteiger charge is -2.30. The molecule has 180 valence electrons. The smallest absolute Gasteiger partial charge is 0.155 e. The molecule has 0 bridgehead atoms. The summed E-state index contributed by atoms with van der Waals surface area (Å²) >= 11 is 3.72. The second kappa shape index (κ2) is 13.2. The monoisotopic (exact) mass is 496 g/mol. The molecule has 0 atom stereocenters. The van der Waals surface area contributed by atoms with Gasteiger partial charge in [0.2, 0.25) is 0 Å². The third kappa shape index (κ3) is 9.26. The minimum absolute atomic E-state index is 0.141. The molecule has 3 nitrogen and oxygen atoms in total. The molecule has 0 unspecified atom stereocenters. The van der Waals surface area contributed by atoms with Crippen molar-refractivity contribution in [3.8, 4) is 0 Å². The number of rotatable bonds is 12. The van der Waals surface area contributed by atoms with E-state index < -0.39 is 14.6 Å². The molecule has 2 rings (SSSR count). The fraction of sp³-hybridized carbons (Fsp3) is 0.654. The molecular weight excluding hydrogens is 456 g/mol. The van der Waals surface area contributed by atoms with E-state index in [1.807, 2.05) is 30.4 Å². The van der Waals surface area contributed by atoms with Crippen molar-refractivity contribution in [2.45, 2.75) is 87.2 Å². The van der Waals surface area contributed by atoms with Crippen LogP contribution < -0.4 is 0 Å². The van der Waals surface area contributed by atoms with E-state index in [0.717, 1.165) is 50.0 Å². The summed E-state index contributed by atoms with van der Waals surface area (Å²) in [5, 5.41) is 0. The van der Waals surface area contributed by atoms with E-state index in [1.54, 1.807) is 20.8 Å². The van der Waals surface area contributed by atoms with Gasteiger partial charge in [-0.1, -0.05) is 18.2 Å². The van der Waals surface area contributed by atoms with Gasteiger partial charge in [0.25, 0.3) is 0 Å². The van der Waals surface area contributed by atoms with Crippen LogP contribution in [0.1, 0.15) is 72.6 Å². The first-order valence-electron chi connectivity index (χ1n) is 11.8. The first kappa shape index (κ1) is 27.5. The molecule has 0 aromatic heterocycles. The average molecular weight is 497 g/mol. The summed E-state index contributed by atoms with van der Waals surface area (Å²) in [7, 11) is -3.08. The van der Waals surface area contributed by atoms with Crippen LogP contribution in [0.15, 0.2) is 46.2 Å².